The summed E-state index contributed by atoms with van der Waals surface area (Å²) in [5, 5.41) is 3.01. The maximum atomic E-state index is 12.4. The molecule has 0 bridgehead atoms. The zero-order chi connectivity index (χ0) is 23.0. The Hall–Kier alpha value is -3.12. The van der Waals surface area contributed by atoms with E-state index in [0.29, 0.717) is 25.1 Å². The Balaban J connectivity index is 1.33. The Bertz CT molecular complexity index is 1220. The molecule has 0 spiro atoms. The zero-order valence-corrected chi connectivity index (χ0v) is 20.3. The van der Waals surface area contributed by atoms with Crippen LogP contribution in [0.15, 0.2) is 77.3 Å². The summed E-state index contributed by atoms with van der Waals surface area (Å²) in [5.74, 6) is 1.84. The molecule has 0 saturated carbocycles. The van der Waals surface area contributed by atoms with Crippen molar-refractivity contribution in [3.05, 3.63) is 94.2 Å². The topological polar surface area (TPSA) is 56.1 Å². The molecule has 4 rings (SSSR count). The summed E-state index contributed by atoms with van der Waals surface area (Å²) in [5.41, 5.74) is 3.98. The van der Waals surface area contributed by atoms with Gasteiger partial charge in [0.25, 0.3) is 5.91 Å². The van der Waals surface area contributed by atoms with E-state index >= 15 is 0 Å². The zero-order valence-electron chi connectivity index (χ0n) is 18.8. The lowest BCUT2D eigenvalue weighted by Gasteiger charge is -2.11. The molecule has 1 aromatic heterocycles. The number of unbranched alkanes of at least 4 members (excludes halogenated alkanes) is 1. The van der Waals surface area contributed by atoms with Crippen LogP contribution in [0.4, 0.5) is 0 Å². The fourth-order valence-corrected chi connectivity index (χ4v) is 4.09. The number of carbonyl (C=O) groups excluding carboxylic acids is 1. The summed E-state index contributed by atoms with van der Waals surface area (Å²) in [6, 6.07) is 23.7. The number of hydrogen-bond acceptors (Lipinski definition) is 3. The Morgan fingerprint density at radius 2 is 1.85 bits per heavy atom. The molecule has 0 aliphatic carbocycles. The van der Waals surface area contributed by atoms with Crippen LogP contribution in [0, 0.1) is 6.92 Å². The molecule has 33 heavy (non-hydrogen) atoms. The predicted molar refractivity (Wildman–Crippen MR) is 136 cm³/mol. The van der Waals surface area contributed by atoms with Gasteiger partial charge in [-0.2, -0.15) is 0 Å². The number of nitrogens with one attached hydrogen (secondary N) is 1. The van der Waals surface area contributed by atoms with Crippen molar-refractivity contribution in [2.24, 2.45) is 0 Å². The van der Waals surface area contributed by atoms with Crippen molar-refractivity contribution in [1.29, 1.82) is 0 Å². The summed E-state index contributed by atoms with van der Waals surface area (Å²) in [7, 11) is 0. The van der Waals surface area contributed by atoms with E-state index in [1.165, 1.54) is 5.56 Å². The van der Waals surface area contributed by atoms with Crippen LogP contribution in [0.5, 0.6) is 5.75 Å². The minimum Gasteiger partial charge on any atom is -0.494 e. The minimum absolute atomic E-state index is 0.0709. The number of carbonyl (C=O) groups is 1. The lowest BCUT2D eigenvalue weighted by atomic mass is 10.2. The van der Waals surface area contributed by atoms with Gasteiger partial charge in [-0.05, 0) is 73.9 Å². The molecule has 0 aliphatic heterocycles. The molecule has 1 N–H and O–H groups in total. The van der Waals surface area contributed by atoms with Crippen molar-refractivity contribution < 1.29 is 9.53 Å². The standard InChI is InChI=1S/C27H28BrN3O2/c1-20-7-6-8-23(19-20)33-18-5-4-17-31-25-10-3-2-9-24(25)30-26(31)15-16-29-27(32)21-11-13-22(28)14-12-21/h2-3,6-14,19H,4-5,15-18H2,1H3,(H,29,32). The number of amides is 1. The molecule has 0 atom stereocenters. The quantitative estimate of drug-likeness (QED) is 0.271. The molecular weight excluding hydrogens is 478 g/mol. The molecule has 1 amide bonds. The first kappa shape index (κ1) is 23.1. The normalized spacial score (nSPS) is 11.0. The van der Waals surface area contributed by atoms with E-state index in [9.17, 15) is 4.79 Å². The highest BCUT2D eigenvalue weighted by Gasteiger charge is 2.11. The van der Waals surface area contributed by atoms with Crippen LogP contribution >= 0.6 is 15.9 Å². The largest absolute Gasteiger partial charge is 0.494 e. The molecule has 0 radical (unpaired) electrons. The number of aryl methyl sites for hydroxylation is 2. The molecule has 0 fully saturated rings. The van der Waals surface area contributed by atoms with E-state index in [1.807, 2.05) is 54.6 Å². The second kappa shape index (κ2) is 11.1. The van der Waals surface area contributed by atoms with E-state index in [-0.39, 0.29) is 5.91 Å². The second-order valence-corrected chi connectivity index (χ2v) is 8.97. The molecule has 0 unspecified atom stereocenters. The minimum atomic E-state index is -0.0709. The fraction of sp³-hybridized carbons (Fsp3) is 0.259. The highest BCUT2D eigenvalue weighted by molar-refractivity contribution is 9.10. The Morgan fingerprint density at radius 3 is 2.67 bits per heavy atom. The SMILES string of the molecule is Cc1cccc(OCCCCn2c(CCNC(=O)c3ccc(Br)cc3)nc3ccccc32)c1. The molecular formula is C27H28BrN3O2. The van der Waals surface area contributed by atoms with Crippen molar-refractivity contribution in [3.63, 3.8) is 0 Å². The van der Waals surface area contributed by atoms with Gasteiger partial charge in [0.05, 0.1) is 17.6 Å². The number of para-hydroxylation sites is 2. The average Bonchev–Trinajstić information content (AvgIpc) is 3.16. The maximum Gasteiger partial charge on any atom is 0.251 e. The van der Waals surface area contributed by atoms with Crippen LogP contribution in [-0.4, -0.2) is 28.6 Å². The van der Waals surface area contributed by atoms with E-state index in [0.717, 1.165) is 46.5 Å². The van der Waals surface area contributed by atoms with Gasteiger partial charge in [-0.3, -0.25) is 4.79 Å². The highest BCUT2D eigenvalue weighted by atomic mass is 79.9. The summed E-state index contributed by atoms with van der Waals surface area (Å²) >= 11 is 3.40. The first-order valence-electron chi connectivity index (χ1n) is 11.3. The van der Waals surface area contributed by atoms with E-state index in [2.05, 4.69) is 50.9 Å². The monoisotopic (exact) mass is 505 g/mol. The smallest absolute Gasteiger partial charge is 0.251 e. The highest BCUT2D eigenvalue weighted by Crippen LogP contribution is 2.18. The Kier molecular flexibility index (Phi) is 7.79. The summed E-state index contributed by atoms with van der Waals surface area (Å²) in [6.07, 6.45) is 2.63. The van der Waals surface area contributed by atoms with Gasteiger partial charge in [-0.25, -0.2) is 4.98 Å². The van der Waals surface area contributed by atoms with Gasteiger partial charge in [0, 0.05) is 29.5 Å². The van der Waals surface area contributed by atoms with Gasteiger partial charge < -0.3 is 14.6 Å². The first-order valence-corrected chi connectivity index (χ1v) is 12.1. The number of imidazole rings is 1. The molecule has 3 aromatic carbocycles. The average molecular weight is 506 g/mol. The van der Waals surface area contributed by atoms with E-state index in [1.54, 1.807) is 0 Å². The van der Waals surface area contributed by atoms with Gasteiger partial charge in [0.1, 0.15) is 11.6 Å². The molecule has 6 heteroatoms. The predicted octanol–water partition coefficient (Wildman–Crippen LogP) is 5.94. The molecule has 170 valence electrons. The van der Waals surface area contributed by atoms with Gasteiger partial charge in [0.15, 0.2) is 0 Å². The van der Waals surface area contributed by atoms with Crippen molar-refractivity contribution in [2.45, 2.75) is 32.7 Å². The number of benzene rings is 3. The van der Waals surface area contributed by atoms with Crippen molar-refractivity contribution >= 4 is 32.9 Å². The second-order valence-electron chi connectivity index (χ2n) is 8.05. The Labute approximate surface area is 202 Å². The number of nitrogens with zero attached hydrogens (tertiary/aromatic N) is 2. The van der Waals surface area contributed by atoms with Gasteiger partial charge >= 0.3 is 0 Å². The van der Waals surface area contributed by atoms with Crippen LogP contribution in [0.25, 0.3) is 11.0 Å². The molecule has 1 heterocycles. The van der Waals surface area contributed by atoms with E-state index < -0.39 is 0 Å². The van der Waals surface area contributed by atoms with Gasteiger partial charge in [-0.15, -0.1) is 0 Å². The fourth-order valence-electron chi connectivity index (χ4n) is 3.82. The van der Waals surface area contributed by atoms with Gasteiger partial charge in [0.2, 0.25) is 0 Å². The van der Waals surface area contributed by atoms with Crippen LogP contribution < -0.4 is 10.1 Å². The number of rotatable bonds is 10. The number of fused-ring (bicyclic) bond motifs is 1. The number of aromatic nitrogens is 2. The molecule has 0 saturated heterocycles. The third-order valence-electron chi connectivity index (χ3n) is 5.51. The summed E-state index contributed by atoms with van der Waals surface area (Å²) in [4.78, 5) is 17.2. The van der Waals surface area contributed by atoms with E-state index in [4.69, 9.17) is 9.72 Å². The number of halogens is 1. The van der Waals surface area contributed by atoms with Crippen molar-refractivity contribution in [1.82, 2.24) is 14.9 Å². The maximum absolute atomic E-state index is 12.4. The summed E-state index contributed by atoms with van der Waals surface area (Å²) < 4.78 is 9.12. The van der Waals surface area contributed by atoms with Crippen LogP contribution in [-0.2, 0) is 13.0 Å². The number of hydrogen-bond donors (Lipinski definition) is 1. The molecule has 0 aliphatic rings. The van der Waals surface area contributed by atoms with Gasteiger partial charge in [-0.1, -0.05) is 40.2 Å². The number of ether oxygens (including phenoxy) is 1. The third kappa shape index (κ3) is 6.23. The molecule has 4 aromatic rings. The van der Waals surface area contributed by atoms with Crippen LogP contribution in [0.1, 0.15) is 34.6 Å². The molecule has 5 nitrogen and oxygen atoms in total. The van der Waals surface area contributed by atoms with Crippen molar-refractivity contribution in [3.8, 4) is 5.75 Å². The van der Waals surface area contributed by atoms with Crippen LogP contribution in [0.2, 0.25) is 0 Å². The first-order chi connectivity index (χ1) is 16.1. The third-order valence-corrected chi connectivity index (χ3v) is 6.04. The Morgan fingerprint density at radius 1 is 1.03 bits per heavy atom. The van der Waals surface area contributed by atoms with Crippen LogP contribution in [0.3, 0.4) is 0 Å². The lowest BCUT2D eigenvalue weighted by molar-refractivity contribution is 0.0954. The summed E-state index contributed by atoms with van der Waals surface area (Å²) in [6.45, 7) is 4.16. The lowest BCUT2D eigenvalue weighted by Crippen LogP contribution is -2.26. The van der Waals surface area contributed by atoms with Crippen molar-refractivity contribution in [2.75, 3.05) is 13.2 Å².